The molecule has 2 nitrogen and oxygen atoms in total. The average molecular weight is 707 g/mol. The van der Waals surface area contributed by atoms with Crippen LogP contribution in [0.2, 0.25) is 36.3 Å². The van der Waals surface area contributed by atoms with Crippen molar-refractivity contribution in [2.24, 2.45) is 0 Å². The summed E-state index contributed by atoms with van der Waals surface area (Å²) in [7, 11) is 4.98. The van der Waals surface area contributed by atoms with E-state index < -0.39 is 16.1 Å². The molecule has 4 aromatic rings. The number of benzene rings is 2. The summed E-state index contributed by atoms with van der Waals surface area (Å²) in [6, 6.07) is 23.5. The largest absolute Gasteiger partial charge is 0.378 e. The Balaban J connectivity index is 1.62. The van der Waals surface area contributed by atoms with Gasteiger partial charge in [-0.2, -0.15) is 0 Å². The van der Waals surface area contributed by atoms with Gasteiger partial charge >= 0.3 is 0 Å². The van der Waals surface area contributed by atoms with Crippen LogP contribution in [0.4, 0.5) is 11.4 Å². The van der Waals surface area contributed by atoms with Crippen molar-refractivity contribution < 1.29 is 0 Å². The van der Waals surface area contributed by atoms with Crippen molar-refractivity contribution in [2.45, 2.75) is 77.8 Å². The molecule has 2 aromatic carbocycles. The van der Waals surface area contributed by atoms with Crippen molar-refractivity contribution in [1.82, 2.24) is 0 Å². The summed E-state index contributed by atoms with van der Waals surface area (Å²) in [4.78, 5) is 7.26. The molecule has 252 valence electrons. The predicted octanol–water partition coefficient (Wildman–Crippen LogP) is 11.2. The Kier molecular flexibility index (Phi) is 8.63. The summed E-state index contributed by atoms with van der Waals surface area (Å²) < 4.78 is 3.20. The molecular weight excluding hydrogens is 653 g/mol. The van der Waals surface area contributed by atoms with Crippen molar-refractivity contribution >= 4 is 81.5 Å². The van der Waals surface area contributed by atoms with E-state index >= 15 is 0 Å². The van der Waals surface area contributed by atoms with Crippen LogP contribution in [0.15, 0.2) is 72.8 Å². The first kappa shape index (κ1) is 34.9. The van der Waals surface area contributed by atoms with E-state index in [0.29, 0.717) is 0 Å². The molecular formula is C42H54N2S2Si2. The minimum atomic E-state index is -1.74. The SMILES string of the molecule is CN(C)c1ccc(C2=C/C(=C3\C=C(c4ccc(N(C)C)cc4)c4cc([Si](C)(C)C(C)(C)C)sc43)c3sc([Si](C)(C)C(C)(C)C)cc32)cc1. The summed E-state index contributed by atoms with van der Waals surface area (Å²) in [5, 5.41) is 0.544. The van der Waals surface area contributed by atoms with Gasteiger partial charge in [-0.05, 0) is 89.9 Å². The number of anilines is 2. The first-order valence-corrected chi connectivity index (χ1v) is 24.9. The quantitative estimate of drug-likeness (QED) is 0.184. The van der Waals surface area contributed by atoms with E-state index in [4.69, 9.17) is 0 Å². The van der Waals surface area contributed by atoms with Gasteiger partial charge in [0.2, 0.25) is 0 Å². The Bertz CT molecular complexity index is 1820. The molecule has 0 aliphatic heterocycles. The maximum Gasteiger partial charge on any atom is 0.0987 e. The van der Waals surface area contributed by atoms with Crippen LogP contribution in [0.25, 0.3) is 22.3 Å². The van der Waals surface area contributed by atoms with Crippen LogP contribution in [0.5, 0.6) is 0 Å². The summed E-state index contributed by atoms with van der Waals surface area (Å²) in [6.45, 7) is 24.9. The number of hydrogen-bond acceptors (Lipinski definition) is 4. The fourth-order valence-electron chi connectivity index (χ4n) is 6.27. The highest BCUT2D eigenvalue weighted by molar-refractivity contribution is 7.29. The van der Waals surface area contributed by atoms with E-state index in [2.05, 4.69) is 201 Å². The second-order valence-corrected chi connectivity index (χ2v) is 30.7. The van der Waals surface area contributed by atoms with E-state index in [0.717, 1.165) is 0 Å². The highest BCUT2D eigenvalue weighted by Gasteiger charge is 2.42. The van der Waals surface area contributed by atoms with Crippen LogP contribution in [0.3, 0.4) is 0 Å². The van der Waals surface area contributed by atoms with Gasteiger partial charge in [0.1, 0.15) is 0 Å². The van der Waals surface area contributed by atoms with E-state index in [-0.39, 0.29) is 10.1 Å². The number of fused-ring (bicyclic) bond motifs is 2. The molecule has 0 saturated carbocycles. The third kappa shape index (κ3) is 5.76. The highest BCUT2D eigenvalue weighted by atomic mass is 32.1. The zero-order valence-electron chi connectivity index (χ0n) is 31.6. The second kappa shape index (κ2) is 11.9. The minimum absolute atomic E-state index is 0.272. The Morgan fingerprint density at radius 2 is 0.812 bits per heavy atom. The lowest BCUT2D eigenvalue weighted by atomic mass is 10.0. The maximum absolute atomic E-state index is 2.58. The predicted molar refractivity (Wildman–Crippen MR) is 225 cm³/mol. The van der Waals surface area contributed by atoms with Crippen LogP contribution < -0.4 is 18.8 Å². The zero-order chi connectivity index (χ0) is 35.1. The Labute approximate surface area is 300 Å². The van der Waals surface area contributed by atoms with Gasteiger partial charge in [-0.3, -0.25) is 0 Å². The first-order chi connectivity index (χ1) is 22.2. The van der Waals surface area contributed by atoms with Crippen molar-refractivity contribution in [3.63, 3.8) is 0 Å². The Morgan fingerprint density at radius 3 is 1.08 bits per heavy atom. The number of nitrogens with zero attached hydrogens (tertiary/aromatic N) is 2. The molecule has 2 aliphatic carbocycles. The number of allylic oxidation sites excluding steroid dienone is 4. The standard InChI is InChI=1S/C42H54N2S2Si2/c1-41(2,3)47(11,12)37-25-35-31(27-15-19-29(20-16-27)43(7)8)23-33(39(35)45-37)34-24-32(28-17-21-30(22-18-28)44(9)10)36-26-38(46-40(34)36)48(13,14)42(4,5)6/h15-26H,1-14H3/b34-33-. The third-order valence-corrected chi connectivity index (χ3v) is 27.7. The number of hydrogen-bond donors (Lipinski definition) is 0. The minimum Gasteiger partial charge on any atom is -0.378 e. The molecule has 0 bridgehead atoms. The van der Waals surface area contributed by atoms with Gasteiger partial charge in [0.15, 0.2) is 0 Å². The maximum atomic E-state index is 2.58. The smallest absolute Gasteiger partial charge is 0.0987 e. The van der Waals surface area contributed by atoms with Gasteiger partial charge in [-0.1, -0.05) is 92.0 Å². The Hall–Kier alpha value is -2.91. The third-order valence-electron chi connectivity index (χ3n) is 11.8. The topological polar surface area (TPSA) is 6.48 Å². The van der Waals surface area contributed by atoms with Gasteiger partial charge in [0.25, 0.3) is 0 Å². The molecule has 0 fully saturated rings. The van der Waals surface area contributed by atoms with Crippen molar-refractivity contribution in [3.8, 4) is 0 Å². The van der Waals surface area contributed by atoms with Gasteiger partial charge in [0, 0.05) is 71.6 Å². The molecule has 2 heterocycles. The molecule has 0 radical (unpaired) electrons. The Morgan fingerprint density at radius 1 is 0.500 bits per heavy atom. The van der Waals surface area contributed by atoms with Gasteiger partial charge in [-0.25, -0.2) is 0 Å². The molecule has 0 N–H and O–H groups in total. The lowest BCUT2D eigenvalue weighted by molar-refractivity contribution is 0.730. The number of thiophene rings is 2. The van der Waals surface area contributed by atoms with Crippen LogP contribution in [-0.4, -0.2) is 44.3 Å². The normalized spacial score (nSPS) is 16.5. The van der Waals surface area contributed by atoms with Crippen molar-refractivity contribution in [3.05, 3.63) is 105 Å². The molecule has 6 heteroatoms. The van der Waals surface area contributed by atoms with E-state index in [1.165, 1.54) is 65.7 Å². The second-order valence-electron chi connectivity index (χ2n) is 17.3. The molecule has 6 rings (SSSR count). The molecule has 0 spiro atoms. The van der Waals surface area contributed by atoms with E-state index in [1.54, 1.807) is 9.00 Å². The van der Waals surface area contributed by atoms with Crippen LogP contribution in [0, 0.1) is 0 Å². The fourth-order valence-corrected chi connectivity index (χ4v) is 15.2. The molecule has 0 atom stereocenters. The molecule has 2 aromatic heterocycles. The summed E-state index contributed by atoms with van der Waals surface area (Å²) in [5.74, 6) is 0. The number of rotatable bonds is 6. The molecule has 48 heavy (non-hydrogen) atoms. The van der Waals surface area contributed by atoms with E-state index in [1.807, 2.05) is 0 Å². The van der Waals surface area contributed by atoms with Gasteiger partial charge in [0.05, 0.1) is 16.1 Å². The monoisotopic (exact) mass is 706 g/mol. The fraction of sp³-hybridized carbons (Fsp3) is 0.381. The lowest BCUT2D eigenvalue weighted by Crippen LogP contribution is -2.47. The first-order valence-electron chi connectivity index (χ1n) is 17.3. The van der Waals surface area contributed by atoms with Crippen LogP contribution in [0.1, 0.15) is 73.6 Å². The molecule has 0 saturated heterocycles. The van der Waals surface area contributed by atoms with Crippen LogP contribution in [-0.2, 0) is 0 Å². The lowest BCUT2D eigenvalue weighted by Gasteiger charge is -2.36. The molecule has 0 amide bonds. The van der Waals surface area contributed by atoms with Crippen LogP contribution >= 0.6 is 22.7 Å². The highest BCUT2D eigenvalue weighted by Crippen LogP contribution is 2.52. The zero-order valence-corrected chi connectivity index (χ0v) is 35.3. The van der Waals surface area contributed by atoms with Crippen molar-refractivity contribution in [1.29, 1.82) is 0 Å². The molecule has 2 aliphatic rings. The van der Waals surface area contributed by atoms with Gasteiger partial charge in [-0.15, -0.1) is 22.7 Å². The molecule has 0 unspecified atom stereocenters. The summed E-state index contributed by atoms with van der Waals surface area (Å²) in [5.41, 5.74) is 13.4. The van der Waals surface area contributed by atoms with Gasteiger partial charge < -0.3 is 9.80 Å². The van der Waals surface area contributed by atoms with E-state index in [9.17, 15) is 0 Å². The summed E-state index contributed by atoms with van der Waals surface area (Å²) in [6.07, 6.45) is 5.03. The van der Waals surface area contributed by atoms with Crippen molar-refractivity contribution in [2.75, 3.05) is 38.0 Å². The average Bonchev–Trinajstić information content (AvgIpc) is 3.77. The summed E-state index contributed by atoms with van der Waals surface area (Å²) >= 11 is 4.15.